The fourth-order valence-corrected chi connectivity index (χ4v) is 3.68. The highest BCUT2D eigenvalue weighted by Crippen LogP contribution is 2.32. The first-order valence-corrected chi connectivity index (χ1v) is 9.78. The number of fused-ring (bicyclic) bond motifs is 1. The van der Waals surface area contributed by atoms with Gasteiger partial charge in [0.2, 0.25) is 0 Å². The minimum absolute atomic E-state index is 0.636. The number of rotatable bonds is 6. The zero-order valence-corrected chi connectivity index (χ0v) is 17.5. The molecular weight excluding hydrogens is 376 g/mol. The third-order valence-electron chi connectivity index (χ3n) is 5.51. The Kier molecular flexibility index (Phi) is 5.23. The van der Waals surface area contributed by atoms with E-state index in [-0.39, 0.29) is 0 Å². The summed E-state index contributed by atoms with van der Waals surface area (Å²) in [4.78, 5) is 4.85. The van der Waals surface area contributed by atoms with E-state index >= 15 is 0 Å². The number of nitrogens with zero attached hydrogens (tertiary/aromatic N) is 2. The molecular formula is C24H26N4O2. The lowest BCUT2D eigenvalue weighted by Gasteiger charge is -2.11. The van der Waals surface area contributed by atoms with Gasteiger partial charge in [-0.3, -0.25) is 0 Å². The van der Waals surface area contributed by atoms with Crippen LogP contribution in [0.25, 0.3) is 11.0 Å². The molecule has 0 aliphatic heterocycles. The number of anilines is 2. The Labute approximate surface area is 176 Å². The highest BCUT2D eigenvalue weighted by atomic mass is 16.5. The summed E-state index contributed by atoms with van der Waals surface area (Å²) in [6.07, 6.45) is 1.34. The maximum absolute atomic E-state index is 6.54. The first-order valence-electron chi connectivity index (χ1n) is 9.78. The molecule has 0 saturated heterocycles. The van der Waals surface area contributed by atoms with E-state index in [1.165, 1.54) is 0 Å². The molecule has 0 fully saturated rings. The van der Waals surface area contributed by atoms with Gasteiger partial charge in [-0.15, -0.1) is 0 Å². The van der Waals surface area contributed by atoms with Crippen LogP contribution >= 0.6 is 0 Å². The van der Waals surface area contributed by atoms with Gasteiger partial charge in [0.1, 0.15) is 22.8 Å². The van der Waals surface area contributed by atoms with E-state index in [1.807, 2.05) is 61.6 Å². The third kappa shape index (κ3) is 3.64. The van der Waals surface area contributed by atoms with Crippen LogP contribution in [0.15, 0.2) is 54.6 Å². The number of nitrogen functional groups attached to an aromatic ring is 2. The van der Waals surface area contributed by atoms with Crippen molar-refractivity contribution in [3.63, 3.8) is 0 Å². The smallest absolute Gasteiger partial charge is 0.118 e. The SMILES string of the molecule is COc1ccc(Cc2c(N)cc3c(nc(Cc4ccc(OC)cc4)n3C)c2N)cc1. The summed E-state index contributed by atoms with van der Waals surface area (Å²) in [6.45, 7) is 0. The molecule has 30 heavy (non-hydrogen) atoms. The molecule has 3 aromatic carbocycles. The van der Waals surface area contributed by atoms with E-state index in [1.54, 1.807) is 14.2 Å². The number of benzene rings is 3. The first kappa shape index (κ1) is 19.6. The van der Waals surface area contributed by atoms with Crippen molar-refractivity contribution >= 4 is 22.4 Å². The average Bonchev–Trinajstić information content (AvgIpc) is 3.07. The molecule has 0 aliphatic carbocycles. The van der Waals surface area contributed by atoms with Crippen LogP contribution < -0.4 is 20.9 Å². The molecule has 154 valence electrons. The van der Waals surface area contributed by atoms with E-state index in [9.17, 15) is 0 Å². The van der Waals surface area contributed by atoms with Gasteiger partial charge in [0.05, 0.1) is 25.4 Å². The standard InChI is InChI=1S/C24H26N4O2/c1-28-21-14-20(25)19(12-15-4-8-17(29-2)9-5-15)23(26)24(21)27-22(28)13-16-6-10-18(30-3)11-7-16/h4-11,14H,12-13,25-26H2,1-3H3. The monoisotopic (exact) mass is 402 g/mol. The lowest BCUT2D eigenvalue weighted by Crippen LogP contribution is -2.03. The topological polar surface area (TPSA) is 88.3 Å². The number of imidazole rings is 1. The molecule has 4 rings (SSSR count). The van der Waals surface area contributed by atoms with E-state index in [0.29, 0.717) is 24.2 Å². The van der Waals surface area contributed by atoms with E-state index in [2.05, 4.69) is 4.57 Å². The zero-order valence-electron chi connectivity index (χ0n) is 17.5. The maximum Gasteiger partial charge on any atom is 0.118 e. The van der Waals surface area contributed by atoms with Gasteiger partial charge in [-0.05, 0) is 41.5 Å². The summed E-state index contributed by atoms with van der Waals surface area (Å²) >= 11 is 0. The predicted molar refractivity (Wildman–Crippen MR) is 121 cm³/mol. The molecule has 1 heterocycles. The van der Waals surface area contributed by atoms with Gasteiger partial charge < -0.3 is 25.5 Å². The molecule has 0 amide bonds. The second-order valence-electron chi connectivity index (χ2n) is 7.36. The molecule has 4 aromatic rings. The lowest BCUT2D eigenvalue weighted by atomic mass is 10.0. The second-order valence-corrected chi connectivity index (χ2v) is 7.36. The Morgan fingerprint density at radius 1 is 0.833 bits per heavy atom. The van der Waals surface area contributed by atoms with E-state index < -0.39 is 0 Å². The number of hydrogen-bond acceptors (Lipinski definition) is 5. The van der Waals surface area contributed by atoms with Crippen LogP contribution in [-0.4, -0.2) is 23.8 Å². The van der Waals surface area contributed by atoms with Gasteiger partial charge in [-0.2, -0.15) is 0 Å². The molecule has 0 unspecified atom stereocenters. The Balaban J connectivity index is 1.68. The number of aryl methyl sites for hydroxylation is 1. The molecule has 0 spiro atoms. The minimum atomic E-state index is 0.636. The third-order valence-corrected chi connectivity index (χ3v) is 5.51. The van der Waals surface area contributed by atoms with Crippen molar-refractivity contribution in [2.24, 2.45) is 7.05 Å². The molecule has 0 aliphatic rings. The van der Waals surface area contributed by atoms with Gasteiger partial charge in [-0.1, -0.05) is 24.3 Å². The Morgan fingerprint density at radius 3 is 1.90 bits per heavy atom. The molecule has 0 bridgehead atoms. The molecule has 1 aromatic heterocycles. The van der Waals surface area contributed by atoms with Crippen molar-refractivity contribution in [1.82, 2.24) is 9.55 Å². The van der Waals surface area contributed by atoms with Crippen LogP contribution in [0.3, 0.4) is 0 Å². The normalized spacial score (nSPS) is 11.0. The summed E-state index contributed by atoms with van der Waals surface area (Å²) in [5.74, 6) is 2.59. The molecule has 0 saturated carbocycles. The summed E-state index contributed by atoms with van der Waals surface area (Å²) < 4.78 is 12.5. The molecule has 0 radical (unpaired) electrons. The number of hydrogen-bond donors (Lipinski definition) is 2. The quantitative estimate of drug-likeness (QED) is 0.477. The van der Waals surface area contributed by atoms with Crippen LogP contribution in [0.1, 0.15) is 22.5 Å². The number of ether oxygens (including phenoxy) is 2. The number of aromatic nitrogens is 2. The van der Waals surface area contributed by atoms with Gasteiger partial charge in [-0.25, -0.2) is 4.98 Å². The van der Waals surface area contributed by atoms with Crippen LogP contribution in [0.2, 0.25) is 0 Å². The maximum atomic E-state index is 6.54. The van der Waals surface area contributed by atoms with Gasteiger partial charge in [0.15, 0.2) is 0 Å². The van der Waals surface area contributed by atoms with Crippen LogP contribution in [0.4, 0.5) is 11.4 Å². The minimum Gasteiger partial charge on any atom is -0.497 e. The number of nitrogens with two attached hydrogens (primary N) is 2. The first-order chi connectivity index (χ1) is 14.5. The average molecular weight is 402 g/mol. The molecule has 6 heteroatoms. The van der Waals surface area contributed by atoms with Crippen LogP contribution in [-0.2, 0) is 19.9 Å². The largest absolute Gasteiger partial charge is 0.497 e. The zero-order chi connectivity index (χ0) is 21.3. The Bertz CT molecular complexity index is 1180. The highest BCUT2D eigenvalue weighted by molar-refractivity contribution is 5.94. The fraction of sp³-hybridized carbons (Fsp3) is 0.208. The van der Waals surface area contributed by atoms with Gasteiger partial charge in [0, 0.05) is 31.1 Å². The summed E-state index contributed by atoms with van der Waals surface area (Å²) in [6, 6.07) is 17.9. The fourth-order valence-electron chi connectivity index (χ4n) is 3.68. The van der Waals surface area contributed by atoms with Crippen LogP contribution in [0, 0.1) is 0 Å². The van der Waals surface area contributed by atoms with Crippen molar-refractivity contribution in [3.8, 4) is 11.5 Å². The van der Waals surface area contributed by atoms with Crippen molar-refractivity contribution in [3.05, 3.63) is 77.1 Å². The lowest BCUT2D eigenvalue weighted by molar-refractivity contribution is 0.414. The predicted octanol–water partition coefficient (Wildman–Crippen LogP) is 3.94. The molecule has 0 atom stereocenters. The summed E-state index contributed by atoms with van der Waals surface area (Å²) in [7, 11) is 5.32. The number of methoxy groups -OCH3 is 2. The Hall–Kier alpha value is -3.67. The molecule has 6 nitrogen and oxygen atoms in total. The van der Waals surface area contributed by atoms with Gasteiger partial charge in [0.25, 0.3) is 0 Å². The highest BCUT2D eigenvalue weighted by Gasteiger charge is 2.16. The van der Waals surface area contributed by atoms with Gasteiger partial charge >= 0.3 is 0 Å². The van der Waals surface area contributed by atoms with E-state index in [4.69, 9.17) is 25.9 Å². The summed E-state index contributed by atoms with van der Waals surface area (Å²) in [5, 5.41) is 0. The van der Waals surface area contributed by atoms with E-state index in [0.717, 1.165) is 45.0 Å². The van der Waals surface area contributed by atoms with Crippen LogP contribution in [0.5, 0.6) is 11.5 Å². The second kappa shape index (κ2) is 7.99. The van der Waals surface area contributed by atoms with Crippen molar-refractivity contribution in [2.45, 2.75) is 12.8 Å². The van der Waals surface area contributed by atoms with Crippen molar-refractivity contribution in [2.75, 3.05) is 25.7 Å². The molecule has 4 N–H and O–H groups in total. The van der Waals surface area contributed by atoms with Crippen molar-refractivity contribution in [1.29, 1.82) is 0 Å². The Morgan fingerprint density at radius 2 is 1.37 bits per heavy atom. The van der Waals surface area contributed by atoms with Crippen molar-refractivity contribution < 1.29 is 9.47 Å². The summed E-state index contributed by atoms with van der Waals surface area (Å²) in [5.41, 5.74) is 19.1.